The Morgan fingerprint density at radius 2 is 1.84 bits per heavy atom. The van der Waals surface area contributed by atoms with Gasteiger partial charge in [0, 0.05) is 11.6 Å². The summed E-state index contributed by atoms with van der Waals surface area (Å²) in [5.41, 5.74) is 0.178. The number of hydrogen-bond donors (Lipinski definition) is 3. The van der Waals surface area contributed by atoms with E-state index in [1.165, 1.54) is 18.2 Å². The molecule has 2 aliphatic heterocycles. The molecule has 5 rings (SSSR count). The fraction of sp³-hybridized carbons (Fsp3) is 0.389. The van der Waals surface area contributed by atoms with Gasteiger partial charge in [-0.1, -0.05) is 49.7 Å². The highest BCUT2D eigenvalue weighted by molar-refractivity contribution is 6.30. The largest absolute Gasteiger partial charge is 0.491 e. The van der Waals surface area contributed by atoms with Crippen LogP contribution in [0.5, 0.6) is 23.0 Å². The van der Waals surface area contributed by atoms with Crippen LogP contribution in [0, 0.1) is 11.7 Å². The molecular formula is C36H40ClFN4O7. The predicted molar refractivity (Wildman–Crippen MR) is 180 cm³/mol. The first-order chi connectivity index (χ1) is 23.5. The van der Waals surface area contributed by atoms with Crippen LogP contribution in [0.25, 0.3) is 0 Å². The van der Waals surface area contributed by atoms with Crippen molar-refractivity contribution in [1.82, 2.24) is 20.9 Å². The molecular weight excluding hydrogens is 655 g/mol. The van der Waals surface area contributed by atoms with E-state index in [1.807, 2.05) is 13.8 Å². The SMILES string of the molecule is CC(C)[C@H]1NC(=O)C[C@@H](C(=O)N[C@H](C)COc2c(F)cccc2Oc2cccc(Cl)c2)NC(=O)c2ccccc2OC[C@@H]2CCCN2C1=O. The molecule has 11 nitrogen and oxygen atoms in total. The molecule has 1 saturated heterocycles. The standard InChI is InChI=1S/C36H40ClFN4O7/c1-21(2)32-36(46)42-16-8-10-24(42)20-47-29-14-5-4-12-26(29)34(44)40-28(18-31(43)41-32)35(45)39-22(3)19-48-33-27(38)13-7-15-30(33)49-25-11-6-9-23(37)17-25/h4-7,9,11-15,17,21-22,24,28,32H,8,10,16,18-20H2,1-3H3,(H,39,45)(H,40,44)(H,41,43)/t22-,24+,28+,32-/m1/s1. The zero-order valence-corrected chi connectivity index (χ0v) is 28.3. The molecule has 0 radical (unpaired) electrons. The molecule has 2 heterocycles. The smallest absolute Gasteiger partial charge is 0.255 e. The molecule has 3 N–H and O–H groups in total. The van der Waals surface area contributed by atoms with E-state index in [4.69, 9.17) is 25.8 Å². The van der Waals surface area contributed by atoms with Crippen LogP contribution in [0.4, 0.5) is 4.39 Å². The van der Waals surface area contributed by atoms with Gasteiger partial charge in [0.1, 0.15) is 36.8 Å². The third-order valence-electron chi connectivity index (χ3n) is 8.30. The summed E-state index contributed by atoms with van der Waals surface area (Å²) in [7, 11) is 0. The van der Waals surface area contributed by atoms with Crippen molar-refractivity contribution < 1.29 is 37.8 Å². The average molecular weight is 695 g/mol. The molecule has 3 aromatic carbocycles. The second kappa shape index (κ2) is 16.0. The lowest BCUT2D eigenvalue weighted by atomic mass is 10.0. The number of halogens is 2. The molecule has 0 unspecified atom stereocenters. The summed E-state index contributed by atoms with van der Waals surface area (Å²) in [6.07, 6.45) is 1.08. The first-order valence-electron chi connectivity index (χ1n) is 16.3. The van der Waals surface area contributed by atoms with Gasteiger partial charge in [-0.15, -0.1) is 0 Å². The highest BCUT2D eigenvalue weighted by Gasteiger charge is 2.37. The monoisotopic (exact) mass is 694 g/mol. The molecule has 0 aromatic heterocycles. The first kappa shape index (κ1) is 35.5. The number of amides is 4. The zero-order valence-electron chi connectivity index (χ0n) is 27.5. The minimum Gasteiger partial charge on any atom is -0.491 e. The van der Waals surface area contributed by atoms with Gasteiger partial charge in [0.2, 0.25) is 17.7 Å². The Morgan fingerprint density at radius 3 is 2.61 bits per heavy atom. The van der Waals surface area contributed by atoms with Crippen LogP contribution in [0.1, 0.15) is 50.4 Å². The Balaban J connectivity index is 1.32. The third-order valence-corrected chi connectivity index (χ3v) is 8.54. The lowest BCUT2D eigenvalue weighted by Gasteiger charge is -2.32. The van der Waals surface area contributed by atoms with Gasteiger partial charge in [-0.05, 0) is 68.1 Å². The van der Waals surface area contributed by atoms with Gasteiger partial charge in [-0.25, -0.2) is 4.39 Å². The van der Waals surface area contributed by atoms with E-state index in [9.17, 15) is 23.6 Å². The number of hydrogen-bond acceptors (Lipinski definition) is 7. The molecule has 49 heavy (non-hydrogen) atoms. The number of nitrogens with one attached hydrogen (secondary N) is 3. The summed E-state index contributed by atoms with van der Waals surface area (Å²) in [6.45, 7) is 5.81. The fourth-order valence-electron chi connectivity index (χ4n) is 5.78. The first-order valence-corrected chi connectivity index (χ1v) is 16.7. The van der Waals surface area contributed by atoms with Crippen LogP contribution in [-0.4, -0.2) is 72.5 Å². The van der Waals surface area contributed by atoms with Crippen molar-refractivity contribution in [2.75, 3.05) is 19.8 Å². The van der Waals surface area contributed by atoms with Crippen molar-refractivity contribution in [1.29, 1.82) is 0 Å². The summed E-state index contributed by atoms with van der Waals surface area (Å²) >= 11 is 6.05. The topological polar surface area (TPSA) is 135 Å². The number of ether oxygens (including phenoxy) is 3. The van der Waals surface area contributed by atoms with Gasteiger partial charge in [0.25, 0.3) is 5.91 Å². The molecule has 260 valence electrons. The van der Waals surface area contributed by atoms with Crippen molar-refractivity contribution in [2.24, 2.45) is 5.92 Å². The van der Waals surface area contributed by atoms with Crippen molar-refractivity contribution in [3.8, 4) is 23.0 Å². The maximum absolute atomic E-state index is 14.9. The van der Waals surface area contributed by atoms with E-state index >= 15 is 0 Å². The second-order valence-electron chi connectivity index (χ2n) is 12.5. The lowest BCUT2D eigenvalue weighted by molar-refractivity contribution is -0.139. The quantitative estimate of drug-likeness (QED) is 0.306. The van der Waals surface area contributed by atoms with Gasteiger partial charge in [-0.2, -0.15) is 0 Å². The maximum Gasteiger partial charge on any atom is 0.255 e. The third kappa shape index (κ3) is 9.00. The number of rotatable bonds is 8. The van der Waals surface area contributed by atoms with E-state index in [2.05, 4.69) is 16.0 Å². The number of nitrogens with zero attached hydrogens (tertiary/aromatic N) is 1. The van der Waals surface area contributed by atoms with Crippen LogP contribution in [0.3, 0.4) is 0 Å². The van der Waals surface area contributed by atoms with Crippen LogP contribution < -0.4 is 30.2 Å². The molecule has 0 aliphatic carbocycles. The summed E-state index contributed by atoms with van der Waals surface area (Å²) < 4.78 is 32.5. The predicted octanol–water partition coefficient (Wildman–Crippen LogP) is 4.87. The molecule has 0 bridgehead atoms. The van der Waals surface area contributed by atoms with Gasteiger partial charge in [0.15, 0.2) is 17.3 Å². The van der Waals surface area contributed by atoms with Crippen LogP contribution in [0.15, 0.2) is 66.7 Å². The van der Waals surface area contributed by atoms with Crippen LogP contribution in [0.2, 0.25) is 5.02 Å². The molecule has 0 saturated carbocycles. The Hall–Kier alpha value is -4.84. The number of fused-ring (bicyclic) bond motifs is 2. The Kier molecular flexibility index (Phi) is 11.6. The number of benzene rings is 3. The van der Waals surface area contributed by atoms with Gasteiger partial charge >= 0.3 is 0 Å². The Bertz CT molecular complexity index is 1690. The van der Waals surface area contributed by atoms with Crippen LogP contribution >= 0.6 is 11.6 Å². The van der Waals surface area contributed by atoms with Crippen molar-refractivity contribution in [3.05, 3.63) is 83.1 Å². The molecule has 1 fully saturated rings. The molecule has 4 atom stereocenters. The summed E-state index contributed by atoms with van der Waals surface area (Å²) in [6, 6.07) is 14.3. The summed E-state index contributed by atoms with van der Waals surface area (Å²) in [5, 5.41) is 8.65. The molecule has 2 aliphatic rings. The Morgan fingerprint density at radius 1 is 1.06 bits per heavy atom. The zero-order chi connectivity index (χ0) is 35.1. The van der Waals surface area contributed by atoms with E-state index in [0.717, 1.165) is 12.8 Å². The van der Waals surface area contributed by atoms with E-state index in [1.54, 1.807) is 60.4 Å². The summed E-state index contributed by atoms with van der Waals surface area (Å²) in [5.74, 6) is -2.41. The number of carbonyl (C=O) groups excluding carboxylic acids is 4. The molecule has 3 aromatic rings. The molecule has 13 heteroatoms. The van der Waals surface area contributed by atoms with E-state index < -0.39 is 48.1 Å². The average Bonchev–Trinajstić information content (AvgIpc) is 3.54. The fourth-order valence-corrected chi connectivity index (χ4v) is 5.96. The highest BCUT2D eigenvalue weighted by Crippen LogP contribution is 2.34. The minimum absolute atomic E-state index is 0.103. The summed E-state index contributed by atoms with van der Waals surface area (Å²) in [4.78, 5) is 55.9. The number of carbonyl (C=O) groups is 4. The maximum atomic E-state index is 14.9. The second-order valence-corrected chi connectivity index (χ2v) is 12.9. The number of para-hydroxylation sites is 2. The van der Waals surface area contributed by atoms with Gasteiger partial charge < -0.3 is 35.1 Å². The van der Waals surface area contributed by atoms with Crippen molar-refractivity contribution in [3.63, 3.8) is 0 Å². The normalized spacial score (nSPS) is 20.6. The van der Waals surface area contributed by atoms with Crippen LogP contribution in [-0.2, 0) is 14.4 Å². The van der Waals surface area contributed by atoms with Crippen molar-refractivity contribution >= 4 is 35.2 Å². The van der Waals surface area contributed by atoms with Gasteiger partial charge in [0.05, 0.1) is 24.1 Å². The van der Waals surface area contributed by atoms with E-state index in [0.29, 0.717) is 23.1 Å². The highest BCUT2D eigenvalue weighted by atomic mass is 35.5. The molecule has 0 spiro atoms. The van der Waals surface area contributed by atoms with Crippen molar-refractivity contribution in [2.45, 2.75) is 64.2 Å². The Labute approximate surface area is 289 Å². The minimum atomic E-state index is -1.33. The van der Waals surface area contributed by atoms with E-state index in [-0.39, 0.29) is 48.1 Å². The molecule has 4 amide bonds. The lowest BCUT2D eigenvalue weighted by Crippen LogP contribution is -2.56. The van der Waals surface area contributed by atoms with Gasteiger partial charge in [-0.3, -0.25) is 19.2 Å².